The Morgan fingerprint density at radius 3 is 2.65 bits per heavy atom. The number of carbonyl (C=O) groups is 1. The minimum Gasteiger partial charge on any atom is -0.355 e. The van der Waals surface area contributed by atoms with E-state index < -0.39 is 14.5 Å². The van der Waals surface area contributed by atoms with Crippen molar-refractivity contribution in [2.75, 3.05) is 5.32 Å². The number of sulfone groups is 1. The van der Waals surface area contributed by atoms with E-state index in [1.807, 2.05) is 13.0 Å². The molecular weight excluding hydrogens is 374 g/mol. The third-order valence-corrected chi connectivity index (χ3v) is 6.46. The number of carbonyl (C=O) groups excluding carboxylic acids is 1. The molecular formula is C18H16ClN3O3S. The van der Waals surface area contributed by atoms with Crippen LogP contribution >= 0.6 is 11.6 Å². The number of alkyl halides is 1. The summed E-state index contributed by atoms with van der Waals surface area (Å²) in [6.07, 6.45) is 2.03. The zero-order valence-corrected chi connectivity index (χ0v) is 15.7. The molecule has 0 bridgehead atoms. The van der Waals surface area contributed by atoms with Crippen molar-refractivity contribution in [3.05, 3.63) is 54.0 Å². The Balaban J connectivity index is 2.04. The number of hydrogen-bond donors (Lipinski definition) is 1. The molecule has 0 aliphatic rings. The Morgan fingerprint density at radius 1 is 1.19 bits per heavy atom. The van der Waals surface area contributed by atoms with Gasteiger partial charge in [0.25, 0.3) is 0 Å². The van der Waals surface area contributed by atoms with Gasteiger partial charge in [-0.1, -0.05) is 6.07 Å². The molecule has 0 saturated carbocycles. The molecule has 0 fully saturated rings. The van der Waals surface area contributed by atoms with Gasteiger partial charge in [0.1, 0.15) is 16.7 Å². The molecule has 0 radical (unpaired) electrons. The number of halogens is 1. The second-order valence-electron chi connectivity index (χ2n) is 5.80. The first kappa shape index (κ1) is 18.3. The molecule has 6 nitrogen and oxygen atoms in total. The molecule has 134 valence electrons. The maximum absolute atomic E-state index is 12.2. The van der Waals surface area contributed by atoms with Crippen LogP contribution in [0, 0.1) is 6.92 Å². The van der Waals surface area contributed by atoms with Crippen molar-refractivity contribution < 1.29 is 13.2 Å². The summed E-state index contributed by atoms with van der Waals surface area (Å²) in [7, 11) is -3.59. The van der Waals surface area contributed by atoms with Crippen molar-refractivity contribution in [2.45, 2.75) is 23.5 Å². The van der Waals surface area contributed by atoms with Gasteiger partial charge < -0.3 is 5.32 Å². The molecule has 1 N–H and O–H groups in total. The predicted molar refractivity (Wildman–Crippen MR) is 102 cm³/mol. The summed E-state index contributed by atoms with van der Waals surface area (Å²) < 4.78 is 23.5. The highest BCUT2D eigenvalue weighted by Crippen LogP contribution is 2.28. The summed E-state index contributed by atoms with van der Waals surface area (Å²) in [5, 5.41) is 3.81. The van der Waals surface area contributed by atoms with Crippen molar-refractivity contribution in [1.82, 2.24) is 9.97 Å². The van der Waals surface area contributed by atoms with Gasteiger partial charge in [0.15, 0.2) is 16.1 Å². The normalized spacial score (nSPS) is 12.7. The molecule has 0 aliphatic heterocycles. The lowest BCUT2D eigenvalue weighted by Gasteiger charge is -2.13. The van der Waals surface area contributed by atoms with Gasteiger partial charge in [-0.2, -0.15) is 0 Å². The summed E-state index contributed by atoms with van der Waals surface area (Å²) in [5.41, 5.74) is 3.18. The SMILES string of the molecule is Cc1cc2ncnc(C=O)c2cc1Nc1cccc(S(=O)(=O)C(C)Cl)c1. The number of aryl methyl sites for hydroxylation is 1. The molecule has 3 rings (SSSR count). The number of nitrogens with one attached hydrogen (secondary N) is 1. The lowest BCUT2D eigenvalue weighted by Crippen LogP contribution is -2.11. The Morgan fingerprint density at radius 2 is 1.96 bits per heavy atom. The van der Waals surface area contributed by atoms with Crippen LogP contribution < -0.4 is 5.32 Å². The molecule has 1 unspecified atom stereocenters. The van der Waals surface area contributed by atoms with Crippen molar-refractivity contribution in [3.8, 4) is 0 Å². The smallest absolute Gasteiger partial charge is 0.194 e. The maximum atomic E-state index is 12.2. The number of aromatic nitrogens is 2. The summed E-state index contributed by atoms with van der Waals surface area (Å²) in [5.74, 6) is 0. The van der Waals surface area contributed by atoms with E-state index in [1.165, 1.54) is 25.4 Å². The standard InChI is InChI=1S/C18H16ClN3O3S/c1-11-6-17-15(18(9-23)21-10-20-17)8-16(11)22-13-4-3-5-14(7-13)26(24,25)12(2)19/h3-10,12,22H,1-2H3. The van der Waals surface area contributed by atoms with Gasteiger partial charge in [-0.15, -0.1) is 11.6 Å². The molecule has 26 heavy (non-hydrogen) atoms. The van der Waals surface area contributed by atoms with E-state index in [0.29, 0.717) is 28.6 Å². The van der Waals surface area contributed by atoms with Crippen LogP contribution in [0.5, 0.6) is 0 Å². The fourth-order valence-electron chi connectivity index (χ4n) is 2.55. The average Bonchev–Trinajstić information content (AvgIpc) is 2.62. The Kier molecular flexibility index (Phi) is 4.93. The maximum Gasteiger partial charge on any atom is 0.194 e. The largest absolute Gasteiger partial charge is 0.355 e. The zero-order chi connectivity index (χ0) is 18.9. The summed E-state index contributed by atoms with van der Waals surface area (Å²) in [6, 6.07) is 10.0. The highest BCUT2D eigenvalue weighted by atomic mass is 35.5. The Bertz CT molecular complexity index is 1100. The van der Waals surface area contributed by atoms with Crippen LogP contribution in [0.3, 0.4) is 0 Å². The number of nitrogens with zero attached hydrogens (tertiary/aromatic N) is 2. The first-order chi connectivity index (χ1) is 12.3. The van der Waals surface area contributed by atoms with Gasteiger partial charge >= 0.3 is 0 Å². The third kappa shape index (κ3) is 3.40. The second-order valence-corrected chi connectivity index (χ2v) is 8.98. The molecule has 0 spiro atoms. The van der Waals surface area contributed by atoms with Crippen LogP contribution in [-0.2, 0) is 9.84 Å². The van der Waals surface area contributed by atoms with E-state index in [9.17, 15) is 13.2 Å². The highest BCUT2D eigenvalue weighted by Gasteiger charge is 2.21. The molecule has 8 heteroatoms. The van der Waals surface area contributed by atoms with Crippen LogP contribution in [-0.4, -0.2) is 29.4 Å². The quantitative estimate of drug-likeness (QED) is 0.526. The minimum absolute atomic E-state index is 0.139. The van der Waals surface area contributed by atoms with E-state index >= 15 is 0 Å². The van der Waals surface area contributed by atoms with Crippen LogP contribution in [0.25, 0.3) is 10.9 Å². The first-order valence-electron chi connectivity index (χ1n) is 7.78. The van der Waals surface area contributed by atoms with Gasteiger partial charge in [0.05, 0.1) is 10.4 Å². The molecule has 0 amide bonds. The molecule has 1 atom stereocenters. The van der Waals surface area contributed by atoms with E-state index in [0.717, 1.165) is 11.3 Å². The van der Waals surface area contributed by atoms with Gasteiger partial charge in [-0.05, 0) is 49.7 Å². The van der Waals surface area contributed by atoms with Gasteiger partial charge in [-0.3, -0.25) is 4.79 Å². The molecule has 1 aromatic heterocycles. The number of anilines is 2. The number of hydrogen-bond acceptors (Lipinski definition) is 6. The number of benzene rings is 2. The van der Waals surface area contributed by atoms with Gasteiger partial charge in [-0.25, -0.2) is 18.4 Å². The van der Waals surface area contributed by atoms with Crippen LogP contribution in [0.2, 0.25) is 0 Å². The van der Waals surface area contributed by atoms with Gasteiger partial charge in [0.2, 0.25) is 0 Å². The first-order valence-corrected chi connectivity index (χ1v) is 9.77. The molecule has 0 saturated heterocycles. The predicted octanol–water partition coefficient (Wildman–Crippen LogP) is 3.85. The number of rotatable bonds is 5. The number of fused-ring (bicyclic) bond motifs is 1. The van der Waals surface area contributed by atoms with Crippen molar-refractivity contribution >= 4 is 50.0 Å². The monoisotopic (exact) mass is 389 g/mol. The topological polar surface area (TPSA) is 89.0 Å². The summed E-state index contributed by atoms with van der Waals surface area (Å²) >= 11 is 5.79. The van der Waals surface area contributed by atoms with E-state index in [2.05, 4.69) is 15.3 Å². The highest BCUT2D eigenvalue weighted by molar-refractivity contribution is 7.93. The minimum atomic E-state index is -3.59. The Labute approximate surface area is 156 Å². The lowest BCUT2D eigenvalue weighted by atomic mass is 10.1. The van der Waals surface area contributed by atoms with E-state index in [4.69, 9.17) is 11.6 Å². The van der Waals surface area contributed by atoms with Crippen LogP contribution in [0.4, 0.5) is 11.4 Å². The fourth-order valence-corrected chi connectivity index (χ4v) is 3.79. The van der Waals surface area contributed by atoms with Crippen molar-refractivity contribution in [1.29, 1.82) is 0 Å². The fraction of sp³-hybridized carbons (Fsp3) is 0.167. The van der Waals surface area contributed by atoms with E-state index in [1.54, 1.807) is 18.2 Å². The molecule has 3 aromatic rings. The van der Waals surface area contributed by atoms with Gasteiger partial charge in [0, 0.05) is 16.8 Å². The van der Waals surface area contributed by atoms with Crippen LogP contribution in [0.15, 0.2) is 47.6 Å². The third-order valence-electron chi connectivity index (χ3n) is 3.99. The lowest BCUT2D eigenvalue weighted by molar-refractivity contribution is 0.112. The van der Waals surface area contributed by atoms with Crippen LogP contribution in [0.1, 0.15) is 23.0 Å². The zero-order valence-electron chi connectivity index (χ0n) is 14.1. The molecule has 0 aliphatic carbocycles. The summed E-state index contributed by atoms with van der Waals surface area (Å²) in [4.78, 5) is 19.5. The average molecular weight is 390 g/mol. The summed E-state index contributed by atoms with van der Waals surface area (Å²) in [6.45, 7) is 3.32. The second kappa shape index (κ2) is 7.01. The molecule has 2 aromatic carbocycles. The number of aldehydes is 1. The molecule has 1 heterocycles. The Hall–Kier alpha value is -2.51. The van der Waals surface area contributed by atoms with Crippen molar-refractivity contribution in [2.24, 2.45) is 0 Å². The van der Waals surface area contributed by atoms with E-state index in [-0.39, 0.29) is 4.90 Å². The van der Waals surface area contributed by atoms with Crippen molar-refractivity contribution in [3.63, 3.8) is 0 Å².